The van der Waals surface area contributed by atoms with Crippen LogP contribution < -0.4 is 0 Å². The molecule has 0 unspecified atom stereocenters. The molecule has 5 fully saturated rings. The van der Waals surface area contributed by atoms with Crippen molar-refractivity contribution < 1.29 is 4.79 Å². The molecule has 2 spiro atoms. The maximum absolute atomic E-state index is 12.8. The van der Waals surface area contributed by atoms with E-state index in [0.29, 0.717) is 33.4 Å². The molecule has 0 aliphatic heterocycles. The van der Waals surface area contributed by atoms with E-state index in [2.05, 4.69) is 54.5 Å². The van der Waals surface area contributed by atoms with E-state index in [4.69, 9.17) is 0 Å². The topological polar surface area (TPSA) is 17.1 Å². The SMILES string of the molecule is CC(C)=CCC[C@@H](C)[C@H]1CC[C@@]2(C)[C@@H]3CC[C@H]4C(C)(C)C(=O)CC[C@@]45C[C@@]35CC[C@@]12C. The van der Waals surface area contributed by atoms with Crippen molar-refractivity contribution in [2.24, 2.45) is 50.7 Å². The number of fused-ring (bicyclic) bond motifs is 2. The summed E-state index contributed by atoms with van der Waals surface area (Å²) in [5, 5.41) is 0. The molecule has 8 atom stereocenters. The van der Waals surface area contributed by atoms with Gasteiger partial charge in [0.25, 0.3) is 0 Å². The first-order valence-corrected chi connectivity index (χ1v) is 13.6. The summed E-state index contributed by atoms with van der Waals surface area (Å²) in [5.74, 6) is 3.87. The normalized spacial score (nSPS) is 50.5. The molecule has 0 heterocycles. The van der Waals surface area contributed by atoms with E-state index in [-0.39, 0.29) is 5.41 Å². The van der Waals surface area contributed by atoms with Gasteiger partial charge in [-0.2, -0.15) is 0 Å². The first-order valence-electron chi connectivity index (χ1n) is 13.6. The molecule has 5 rings (SSSR count). The molecule has 0 amide bonds. The van der Waals surface area contributed by atoms with Gasteiger partial charge in [0.15, 0.2) is 0 Å². The molecular weight excluding hydrogens is 376 g/mol. The van der Waals surface area contributed by atoms with Crippen LogP contribution in [0.15, 0.2) is 11.6 Å². The summed E-state index contributed by atoms with van der Waals surface area (Å²) in [6.07, 6.45) is 17.1. The Morgan fingerprint density at radius 1 is 0.935 bits per heavy atom. The molecule has 1 nitrogen and oxygen atoms in total. The highest BCUT2D eigenvalue weighted by Gasteiger charge is 2.82. The van der Waals surface area contributed by atoms with E-state index >= 15 is 0 Å². The van der Waals surface area contributed by atoms with Crippen LogP contribution in [0.2, 0.25) is 0 Å². The summed E-state index contributed by atoms with van der Waals surface area (Å²) < 4.78 is 0. The average Bonchev–Trinajstić information content (AvgIpc) is 3.27. The van der Waals surface area contributed by atoms with Crippen LogP contribution in [0.4, 0.5) is 0 Å². The van der Waals surface area contributed by atoms with E-state index in [1.165, 1.54) is 69.8 Å². The van der Waals surface area contributed by atoms with Crippen LogP contribution in [0.3, 0.4) is 0 Å². The zero-order valence-electron chi connectivity index (χ0n) is 21.6. The van der Waals surface area contributed by atoms with E-state index < -0.39 is 0 Å². The highest BCUT2D eigenvalue weighted by molar-refractivity contribution is 5.86. The van der Waals surface area contributed by atoms with Gasteiger partial charge >= 0.3 is 0 Å². The minimum atomic E-state index is -0.0774. The lowest BCUT2D eigenvalue weighted by molar-refractivity contribution is -0.157. The van der Waals surface area contributed by atoms with Crippen molar-refractivity contribution in [1.82, 2.24) is 0 Å². The standard InChI is InChI=1S/C30H48O/c1-20(2)9-8-10-21(3)22-13-15-28(7)24-12-11-23-26(4,5)25(31)14-16-29(23)19-30(24,29)18-17-27(22,28)6/h9,21-24H,8,10-19H2,1-7H3/t21-,22-,23+,24+,27+,28+,29-,30+/m1/s1. The minimum absolute atomic E-state index is 0.0774. The summed E-state index contributed by atoms with van der Waals surface area (Å²) in [5.41, 5.74) is 3.53. The van der Waals surface area contributed by atoms with Crippen LogP contribution in [0.25, 0.3) is 0 Å². The fraction of sp³-hybridized carbons (Fsp3) is 0.900. The van der Waals surface area contributed by atoms with Crippen LogP contribution in [0.1, 0.15) is 119 Å². The van der Waals surface area contributed by atoms with Crippen molar-refractivity contribution in [3.05, 3.63) is 11.6 Å². The Morgan fingerprint density at radius 2 is 1.61 bits per heavy atom. The zero-order chi connectivity index (χ0) is 22.4. The minimum Gasteiger partial charge on any atom is -0.299 e. The molecule has 0 aromatic heterocycles. The van der Waals surface area contributed by atoms with Crippen molar-refractivity contribution in [3.8, 4) is 0 Å². The number of hydrogen-bond acceptors (Lipinski definition) is 1. The molecule has 31 heavy (non-hydrogen) atoms. The molecule has 174 valence electrons. The summed E-state index contributed by atoms with van der Waals surface area (Å²) in [7, 11) is 0. The van der Waals surface area contributed by atoms with Crippen LogP contribution in [-0.4, -0.2) is 5.78 Å². The van der Waals surface area contributed by atoms with Crippen molar-refractivity contribution in [2.75, 3.05) is 0 Å². The number of Topliss-reactive ketones (excluding diaryl/α,β-unsaturated/α-hetero) is 1. The van der Waals surface area contributed by atoms with Gasteiger partial charge in [0.05, 0.1) is 0 Å². The lowest BCUT2D eigenvalue weighted by Crippen LogP contribution is -2.57. The fourth-order valence-corrected chi connectivity index (χ4v) is 11.0. The zero-order valence-corrected chi connectivity index (χ0v) is 21.6. The third-order valence-corrected chi connectivity index (χ3v) is 12.8. The Labute approximate surface area is 192 Å². The van der Waals surface area contributed by atoms with Crippen LogP contribution in [-0.2, 0) is 4.79 Å². The van der Waals surface area contributed by atoms with Gasteiger partial charge in [0.1, 0.15) is 5.78 Å². The molecule has 5 saturated carbocycles. The summed E-state index contributed by atoms with van der Waals surface area (Å²) in [6, 6.07) is 0. The first kappa shape index (κ1) is 22.2. The number of allylic oxidation sites excluding steroid dienone is 2. The van der Waals surface area contributed by atoms with Gasteiger partial charge in [-0.3, -0.25) is 4.79 Å². The van der Waals surface area contributed by atoms with E-state index in [1.807, 2.05) is 0 Å². The number of carbonyl (C=O) groups excluding carboxylic acids is 1. The summed E-state index contributed by atoms with van der Waals surface area (Å²) in [6.45, 7) is 17.1. The first-order chi connectivity index (χ1) is 14.4. The van der Waals surface area contributed by atoms with Gasteiger partial charge in [0, 0.05) is 11.8 Å². The predicted octanol–water partition coefficient (Wildman–Crippen LogP) is 8.38. The molecule has 5 aliphatic carbocycles. The second-order valence-electron chi connectivity index (χ2n) is 14.1. The third-order valence-electron chi connectivity index (χ3n) is 12.8. The summed E-state index contributed by atoms with van der Waals surface area (Å²) in [4.78, 5) is 12.8. The molecule has 0 bridgehead atoms. The molecule has 0 radical (unpaired) electrons. The Bertz CT molecular complexity index is 801. The van der Waals surface area contributed by atoms with Crippen LogP contribution >= 0.6 is 0 Å². The van der Waals surface area contributed by atoms with Crippen molar-refractivity contribution in [1.29, 1.82) is 0 Å². The van der Waals surface area contributed by atoms with Crippen molar-refractivity contribution >= 4 is 5.78 Å². The molecule has 0 saturated heterocycles. The summed E-state index contributed by atoms with van der Waals surface area (Å²) >= 11 is 0. The number of hydrogen-bond donors (Lipinski definition) is 0. The van der Waals surface area contributed by atoms with Gasteiger partial charge in [0.2, 0.25) is 0 Å². The number of rotatable bonds is 4. The number of ketones is 1. The molecule has 5 aliphatic rings. The second-order valence-corrected chi connectivity index (χ2v) is 14.1. The number of carbonyl (C=O) groups is 1. The van der Waals surface area contributed by atoms with Gasteiger partial charge in [-0.25, -0.2) is 0 Å². The van der Waals surface area contributed by atoms with Crippen molar-refractivity contribution in [2.45, 2.75) is 119 Å². The van der Waals surface area contributed by atoms with E-state index in [1.54, 1.807) is 0 Å². The lowest BCUT2D eigenvalue weighted by atomic mass is 9.42. The van der Waals surface area contributed by atoms with Gasteiger partial charge < -0.3 is 0 Å². The van der Waals surface area contributed by atoms with Gasteiger partial charge in [-0.15, -0.1) is 0 Å². The maximum atomic E-state index is 12.8. The molecule has 0 aromatic carbocycles. The predicted molar refractivity (Wildman–Crippen MR) is 130 cm³/mol. The fourth-order valence-electron chi connectivity index (χ4n) is 11.0. The van der Waals surface area contributed by atoms with Crippen molar-refractivity contribution in [3.63, 3.8) is 0 Å². The molecule has 0 aromatic rings. The lowest BCUT2D eigenvalue weighted by Gasteiger charge is -2.62. The maximum Gasteiger partial charge on any atom is 0.138 e. The highest BCUT2D eigenvalue weighted by atomic mass is 16.1. The third kappa shape index (κ3) is 2.64. The average molecular weight is 425 g/mol. The molecule has 1 heteroatoms. The Kier molecular flexibility index (Phi) is 4.82. The van der Waals surface area contributed by atoms with Crippen LogP contribution in [0.5, 0.6) is 0 Å². The quantitative estimate of drug-likeness (QED) is 0.414. The largest absolute Gasteiger partial charge is 0.299 e. The molecule has 0 N–H and O–H groups in total. The Morgan fingerprint density at radius 3 is 2.32 bits per heavy atom. The smallest absolute Gasteiger partial charge is 0.138 e. The monoisotopic (exact) mass is 424 g/mol. The Balaban J connectivity index is 1.41. The van der Waals surface area contributed by atoms with Gasteiger partial charge in [-0.05, 0) is 123 Å². The molecular formula is C30H48O. The van der Waals surface area contributed by atoms with Crippen LogP contribution in [0, 0.1) is 50.7 Å². The Hall–Kier alpha value is -0.590. The highest BCUT2D eigenvalue weighted by Crippen LogP contribution is 2.88. The van der Waals surface area contributed by atoms with Gasteiger partial charge in [-0.1, -0.05) is 46.3 Å². The van der Waals surface area contributed by atoms with E-state index in [0.717, 1.165) is 24.2 Å². The second kappa shape index (κ2) is 6.73. The van der Waals surface area contributed by atoms with E-state index in [9.17, 15) is 4.79 Å².